The first kappa shape index (κ1) is 33.7. The minimum absolute atomic E-state index is 0.0100. The van der Waals surface area contributed by atoms with Crippen molar-refractivity contribution in [3.05, 3.63) is 46.8 Å². The lowest BCUT2D eigenvalue weighted by atomic mass is 9.87. The molecule has 13 heteroatoms. The second-order valence-corrected chi connectivity index (χ2v) is 14.6. The monoisotopic (exact) mass is 662 g/mol. The summed E-state index contributed by atoms with van der Waals surface area (Å²) in [6.07, 6.45) is 3.06. The van der Waals surface area contributed by atoms with Gasteiger partial charge in [0.15, 0.2) is 5.65 Å². The van der Waals surface area contributed by atoms with Crippen LogP contribution in [-0.4, -0.2) is 111 Å². The topological polar surface area (TPSA) is 129 Å². The summed E-state index contributed by atoms with van der Waals surface area (Å²) in [7, 11) is 0. The SMILES string of the molecule is Cc1cn(C(=O)OC(C)(C)C)c2ncc(-c3cc4c(c([C@@H]5COCCN5C(=O)OC(C)(C)C)c3)CN(C(=O)N3CCOCC3)CC4)nc12. The summed E-state index contributed by atoms with van der Waals surface area (Å²) in [6.45, 7) is 17.1. The van der Waals surface area contributed by atoms with Crippen LogP contribution in [0.25, 0.3) is 22.4 Å². The highest BCUT2D eigenvalue weighted by molar-refractivity contribution is 5.88. The zero-order chi connectivity index (χ0) is 34.4. The molecule has 3 amide bonds. The maximum Gasteiger partial charge on any atom is 0.420 e. The highest BCUT2D eigenvalue weighted by atomic mass is 16.6. The van der Waals surface area contributed by atoms with E-state index in [1.54, 1.807) is 17.3 Å². The molecule has 0 unspecified atom stereocenters. The number of aryl methyl sites for hydroxylation is 1. The predicted octanol–water partition coefficient (Wildman–Crippen LogP) is 5.31. The Hall–Kier alpha value is -4.23. The molecule has 258 valence electrons. The maximum atomic E-state index is 13.6. The van der Waals surface area contributed by atoms with E-state index in [4.69, 9.17) is 23.9 Å². The van der Waals surface area contributed by atoms with Crippen molar-refractivity contribution in [3.8, 4) is 11.3 Å². The van der Waals surface area contributed by atoms with Crippen LogP contribution in [-0.2, 0) is 31.9 Å². The van der Waals surface area contributed by atoms with Crippen LogP contribution in [0.2, 0.25) is 0 Å². The Balaban J connectivity index is 1.41. The number of hydrogen-bond donors (Lipinski definition) is 0. The lowest BCUT2D eigenvalue weighted by molar-refractivity contribution is -0.0334. The van der Waals surface area contributed by atoms with Gasteiger partial charge in [-0.15, -0.1) is 0 Å². The van der Waals surface area contributed by atoms with Crippen LogP contribution in [0, 0.1) is 6.92 Å². The predicted molar refractivity (Wildman–Crippen MR) is 178 cm³/mol. The molecule has 0 bridgehead atoms. The van der Waals surface area contributed by atoms with Gasteiger partial charge in [-0.1, -0.05) is 0 Å². The van der Waals surface area contributed by atoms with Crippen molar-refractivity contribution < 1.29 is 33.3 Å². The number of fused-ring (bicyclic) bond motifs is 2. The summed E-state index contributed by atoms with van der Waals surface area (Å²) in [5, 5.41) is 0. The minimum Gasteiger partial charge on any atom is -0.444 e. The van der Waals surface area contributed by atoms with Crippen molar-refractivity contribution in [1.82, 2.24) is 29.2 Å². The van der Waals surface area contributed by atoms with Crippen molar-refractivity contribution in [2.75, 3.05) is 52.6 Å². The lowest BCUT2D eigenvalue weighted by Crippen LogP contribution is -2.50. The fraction of sp³-hybridized carbons (Fsp3) is 0.571. The zero-order valence-corrected chi connectivity index (χ0v) is 29.0. The van der Waals surface area contributed by atoms with E-state index >= 15 is 0 Å². The summed E-state index contributed by atoms with van der Waals surface area (Å²) in [6, 6.07) is 3.69. The van der Waals surface area contributed by atoms with E-state index in [1.165, 1.54) is 4.57 Å². The van der Waals surface area contributed by atoms with Gasteiger partial charge >= 0.3 is 18.2 Å². The van der Waals surface area contributed by atoms with Crippen molar-refractivity contribution in [2.45, 2.75) is 78.7 Å². The molecule has 2 aromatic heterocycles. The number of ether oxygens (including phenoxy) is 4. The van der Waals surface area contributed by atoms with Crippen LogP contribution in [0.4, 0.5) is 14.4 Å². The standard InChI is InChI=1S/C35H46N6O7/c1-22-19-41(33(44)48-35(5,6)7)30-29(22)37-27(18-36-30)24-16-23-8-9-39(31(42)38-10-13-45-14-11-38)20-26(23)25(17-24)28-21-46-15-12-40(28)32(43)47-34(2,3)4/h16-19,28H,8-15,20-21H2,1-7H3/t28-/m0/s1. The van der Waals surface area contributed by atoms with E-state index in [2.05, 4.69) is 11.1 Å². The zero-order valence-electron chi connectivity index (χ0n) is 29.0. The van der Waals surface area contributed by atoms with E-state index < -0.39 is 29.4 Å². The Morgan fingerprint density at radius 2 is 1.56 bits per heavy atom. The molecule has 3 aliphatic heterocycles. The Labute approximate surface area is 281 Å². The van der Waals surface area contributed by atoms with Gasteiger partial charge in [-0.3, -0.25) is 4.90 Å². The molecule has 48 heavy (non-hydrogen) atoms. The summed E-state index contributed by atoms with van der Waals surface area (Å²) < 4.78 is 24.2. The number of amides is 3. The Morgan fingerprint density at radius 1 is 0.875 bits per heavy atom. The number of morpholine rings is 2. The van der Waals surface area contributed by atoms with E-state index in [0.717, 1.165) is 27.8 Å². The van der Waals surface area contributed by atoms with Gasteiger partial charge in [0.25, 0.3) is 0 Å². The van der Waals surface area contributed by atoms with Crippen LogP contribution < -0.4 is 0 Å². The number of benzene rings is 1. The van der Waals surface area contributed by atoms with Crippen LogP contribution in [0.1, 0.15) is 69.8 Å². The van der Waals surface area contributed by atoms with Crippen molar-refractivity contribution in [1.29, 1.82) is 0 Å². The Morgan fingerprint density at radius 3 is 2.27 bits per heavy atom. The molecule has 1 aromatic carbocycles. The number of aromatic nitrogens is 3. The molecule has 1 atom stereocenters. The third-order valence-corrected chi connectivity index (χ3v) is 8.61. The Bertz CT molecular complexity index is 1720. The van der Waals surface area contributed by atoms with Gasteiger partial charge in [0.1, 0.15) is 16.7 Å². The molecule has 0 radical (unpaired) electrons. The average molecular weight is 663 g/mol. The number of rotatable bonds is 2. The molecule has 0 saturated carbocycles. The van der Waals surface area contributed by atoms with Crippen molar-refractivity contribution >= 4 is 29.4 Å². The molecule has 0 aliphatic carbocycles. The molecule has 6 rings (SSSR count). The molecular formula is C35H46N6O7. The highest BCUT2D eigenvalue weighted by Crippen LogP contribution is 2.37. The fourth-order valence-corrected chi connectivity index (χ4v) is 6.39. The van der Waals surface area contributed by atoms with Crippen LogP contribution >= 0.6 is 0 Å². The lowest BCUT2D eigenvalue weighted by Gasteiger charge is -2.40. The number of carbonyl (C=O) groups excluding carboxylic acids is 3. The fourth-order valence-electron chi connectivity index (χ4n) is 6.39. The van der Waals surface area contributed by atoms with Crippen LogP contribution in [0.15, 0.2) is 24.5 Å². The first-order valence-corrected chi connectivity index (χ1v) is 16.6. The number of urea groups is 1. The second kappa shape index (κ2) is 13.0. The van der Waals surface area contributed by atoms with Crippen LogP contribution in [0.5, 0.6) is 0 Å². The van der Waals surface area contributed by atoms with E-state index in [1.807, 2.05) is 64.3 Å². The van der Waals surface area contributed by atoms with Gasteiger partial charge in [-0.2, -0.15) is 0 Å². The van der Waals surface area contributed by atoms with Crippen molar-refractivity contribution in [2.24, 2.45) is 0 Å². The number of nitrogens with zero attached hydrogens (tertiary/aromatic N) is 6. The summed E-state index contributed by atoms with van der Waals surface area (Å²) >= 11 is 0. The summed E-state index contributed by atoms with van der Waals surface area (Å²) in [5.41, 5.74) is 4.89. The first-order chi connectivity index (χ1) is 22.7. The first-order valence-electron chi connectivity index (χ1n) is 16.6. The molecule has 5 heterocycles. The maximum absolute atomic E-state index is 13.6. The third-order valence-electron chi connectivity index (χ3n) is 8.61. The molecule has 2 saturated heterocycles. The smallest absolute Gasteiger partial charge is 0.420 e. The van der Waals surface area contributed by atoms with Gasteiger partial charge < -0.3 is 28.7 Å². The normalized spacial score (nSPS) is 18.9. The van der Waals surface area contributed by atoms with Crippen molar-refractivity contribution in [3.63, 3.8) is 0 Å². The summed E-state index contributed by atoms with van der Waals surface area (Å²) in [5.74, 6) is 0. The minimum atomic E-state index is -0.666. The third kappa shape index (κ3) is 7.12. The second-order valence-electron chi connectivity index (χ2n) is 14.6. The van der Waals surface area contributed by atoms with E-state index in [0.29, 0.717) is 75.8 Å². The highest BCUT2D eigenvalue weighted by Gasteiger charge is 2.36. The Kier molecular flexibility index (Phi) is 9.12. The van der Waals surface area contributed by atoms with Crippen LogP contribution in [0.3, 0.4) is 0 Å². The molecule has 3 aromatic rings. The number of carbonyl (C=O) groups is 3. The molecule has 3 aliphatic rings. The molecule has 0 spiro atoms. The van der Waals surface area contributed by atoms with Gasteiger partial charge in [-0.25, -0.2) is 28.9 Å². The molecule has 0 N–H and O–H groups in total. The van der Waals surface area contributed by atoms with Gasteiger partial charge in [0.2, 0.25) is 0 Å². The average Bonchev–Trinajstić information content (AvgIpc) is 3.38. The molecule has 2 fully saturated rings. The van der Waals surface area contributed by atoms with E-state index in [-0.39, 0.29) is 12.6 Å². The summed E-state index contributed by atoms with van der Waals surface area (Å²) in [4.78, 5) is 55.2. The quantitative estimate of drug-likeness (QED) is 0.359. The molecular weight excluding hydrogens is 616 g/mol. The van der Waals surface area contributed by atoms with Gasteiger partial charge in [-0.05, 0) is 89.3 Å². The van der Waals surface area contributed by atoms with E-state index in [9.17, 15) is 14.4 Å². The number of hydrogen-bond acceptors (Lipinski definition) is 9. The molecule has 13 nitrogen and oxygen atoms in total. The van der Waals surface area contributed by atoms with Gasteiger partial charge in [0.05, 0.1) is 44.4 Å². The largest absolute Gasteiger partial charge is 0.444 e. The van der Waals surface area contributed by atoms with Gasteiger partial charge in [0, 0.05) is 44.5 Å².